The van der Waals surface area contributed by atoms with Gasteiger partial charge >= 0.3 is 12.1 Å². The average molecular weight is 401 g/mol. The third kappa shape index (κ3) is 7.40. The highest BCUT2D eigenvalue weighted by Crippen LogP contribution is 2.16. The zero-order valence-electron chi connectivity index (χ0n) is 14.5. The van der Waals surface area contributed by atoms with Gasteiger partial charge in [-0.3, -0.25) is 4.79 Å². The van der Waals surface area contributed by atoms with Crippen LogP contribution in [0.25, 0.3) is 0 Å². The summed E-state index contributed by atoms with van der Waals surface area (Å²) in [7, 11) is 1.62. The fraction of sp³-hybridized carbons (Fsp3) is 0.333. The van der Waals surface area contributed by atoms with Gasteiger partial charge in [0.25, 0.3) is 5.91 Å². The Hall–Kier alpha value is -2.39. The number of hydrogen-bond donors (Lipinski definition) is 0. The Morgan fingerprint density at radius 3 is 2.44 bits per heavy atom. The van der Waals surface area contributed by atoms with Crippen LogP contribution in [0, 0.1) is 0 Å². The minimum atomic E-state index is -4.38. The fourth-order valence-electron chi connectivity index (χ4n) is 2.07. The molecule has 1 aromatic heterocycles. The maximum absolute atomic E-state index is 12.0. The smallest absolute Gasteiger partial charge is 0.411 e. The van der Waals surface area contributed by atoms with E-state index in [1.54, 1.807) is 7.05 Å². The van der Waals surface area contributed by atoms with Gasteiger partial charge in [0.05, 0.1) is 18.7 Å². The number of hydrogen-bond acceptors (Lipinski definition) is 5. The molecule has 2 aromatic rings. The van der Waals surface area contributed by atoms with Crippen molar-refractivity contribution in [3.8, 4) is 0 Å². The molecule has 0 aliphatic heterocycles. The molecule has 2 rings (SSSR count). The number of likely N-dealkylation sites (N-methyl/N-ethyl adjacent to an activating group) is 1. The van der Waals surface area contributed by atoms with Crippen molar-refractivity contribution in [2.75, 3.05) is 20.3 Å². The van der Waals surface area contributed by atoms with Gasteiger partial charge < -0.3 is 14.4 Å². The number of benzene rings is 1. The molecule has 1 aromatic carbocycles. The molecule has 1 heterocycles. The van der Waals surface area contributed by atoms with Crippen molar-refractivity contribution in [3.63, 3.8) is 0 Å². The van der Waals surface area contributed by atoms with Crippen LogP contribution in [0.4, 0.5) is 13.2 Å². The van der Waals surface area contributed by atoms with Gasteiger partial charge in [-0.2, -0.15) is 13.2 Å². The maximum atomic E-state index is 12.0. The standard InChI is InChI=1S/C18H18F3NO4S/c1-22(9-15-3-2-8-27-15)16(23)11-26-17(24)14-6-4-13(5-7-14)10-25-12-18(19,20)21/h2-8H,9-12H2,1H3. The number of carbonyl (C=O) groups excluding carboxylic acids is 2. The number of alkyl halides is 3. The summed E-state index contributed by atoms with van der Waals surface area (Å²) in [5.74, 6) is -1.02. The van der Waals surface area contributed by atoms with Crippen LogP contribution in [0.2, 0.25) is 0 Å². The first-order chi connectivity index (χ1) is 12.7. The molecule has 0 aliphatic rings. The van der Waals surface area contributed by atoms with Crippen LogP contribution in [0.5, 0.6) is 0 Å². The van der Waals surface area contributed by atoms with Gasteiger partial charge in [0.1, 0.15) is 6.61 Å². The van der Waals surface area contributed by atoms with Crippen molar-refractivity contribution >= 4 is 23.2 Å². The number of amides is 1. The van der Waals surface area contributed by atoms with Crippen LogP contribution in [-0.4, -0.2) is 43.2 Å². The van der Waals surface area contributed by atoms with Crippen molar-refractivity contribution in [2.24, 2.45) is 0 Å². The number of nitrogens with zero attached hydrogens (tertiary/aromatic N) is 1. The van der Waals surface area contributed by atoms with Crippen molar-refractivity contribution in [1.82, 2.24) is 4.90 Å². The Morgan fingerprint density at radius 2 is 1.85 bits per heavy atom. The summed E-state index contributed by atoms with van der Waals surface area (Å²) in [6, 6.07) is 9.55. The van der Waals surface area contributed by atoms with Gasteiger partial charge in [0.15, 0.2) is 6.61 Å². The number of ether oxygens (including phenoxy) is 2. The second kappa shape index (κ2) is 9.52. The molecule has 27 heavy (non-hydrogen) atoms. The topological polar surface area (TPSA) is 55.8 Å². The number of halogens is 3. The fourth-order valence-corrected chi connectivity index (χ4v) is 2.82. The van der Waals surface area contributed by atoms with Crippen molar-refractivity contribution < 1.29 is 32.2 Å². The summed E-state index contributed by atoms with van der Waals surface area (Å²) < 4.78 is 45.6. The lowest BCUT2D eigenvalue weighted by Gasteiger charge is -2.16. The van der Waals surface area contributed by atoms with Gasteiger partial charge in [-0.15, -0.1) is 11.3 Å². The van der Waals surface area contributed by atoms with E-state index in [4.69, 9.17) is 4.74 Å². The van der Waals surface area contributed by atoms with Crippen LogP contribution in [-0.2, 0) is 27.4 Å². The molecular formula is C18H18F3NO4S. The van der Waals surface area contributed by atoms with E-state index >= 15 is 0 Å². The number of thiophene rings is 1. The van der Waals surface area contributed by atoms with Gasteiger partial charge in [-0.25, -0.2) is 4.79 Å². The minimum absolute atomic E-state index is 0.197. The SMILES string of the molecule is CN(Cc1cccs1)C(=O)COC(=O)c1ccc(COCC(F)(F)F)cc1. The Kier molecular flexibility index (Phi) is 7.37. The molecule has 0 unspecified atom stereocenters. The Labute approximate surface area is 158 Å². The lowest BCUT2D eigenvalue weighted by Crippen LogP contribution is -2.30. The number of carbonyl (C=O) groups is 2. The van der Waals surface area contributed by atoms with E-state index in [1.807, 2.05) is 17.5 Å². The van der Waals surface area contributed by atoms with Crippen molar-refractivity contribution in [1.29, 1.82) is 0 Å². The second-order valence-corrected chi connectivity index (χ2v) is 6.74. The summed E-state index contributed by atoms with van der Waals surface area (Å²) in [6.07, 6.45) is -4.38. The molecular weight excluding hydrogens is 383 g/mol. The molecule has 0 atom stereocenters. The summed E-state index contributed by atoms with van der Waals surface area (Å²) in [5, 5.41) is 1.91. The Balaban J connectivity index is 1.77. The summed E-state index contributed by atoms with van der Waals surface area (Å²) in [6.45, 7) is -1.52. The molecule has 0 fully saturated rings. The number of esters is 1. The Morgan fingerprint density at radius 1 is 1.15 bits per heavy atom. The molecule has 0 aliphatic carbocycles. The van der Waals surface area contributed by atoms with Crippen molar-refractivity contribution in [3.05, 3.63) is 57.8 Å². The van der Waals surface area contributed by atoms with E-state index in [-0.39, 0.29) is 18.1 Å². The van der Waals surface area contributed by atoms with Crippen LogP contribution in [0.1, 0.15) is 20.8 Å². The van der Waals surface area contributed by atoms with Gasteiger partial charge in [0.2, 0.25) is 0 Å². The number of rotatable bonds is 8. The highest BCUT2D eigenvalue weighted by Gasteiger charge is 2.27. The molecule has 0 saturated carbocycles. The largest absolute Gasteiger partial charge is 0.452 e. The minimum Gasteiger partial charge on any atom is -0.452 e. The first-order valence-electron chi connectivity index (χ1n) is 7.91. The van der Waals surface area contributed by atoms with Crippen molar-refractivity contribution in [2.45, 2.75) is 19.3 Å². The molecule has 146 valence electrons. The second-order valence-electron chi connectivity index (χ2n) is 5.71. The van der Waals surface area contributed by atoms with Gasteiger partial charge in [-0.05, 0) is 29.1 Å². The predicted molar refractivity (Wildman–Crippen MR) is 93.2 cm³/mol. The molecule has 0 radical (unpaired) electrons. The molecule has 0 N–H and O–H groups in total. The van der Waals surface area contributed by atoms with E-state index in [0.717, 1.165) is 4.88 Å². The summed E-state index contributed by atoms with van der Waals surface area (Å²) in [5.41, 5.74) is 0.686. The zero-order valence-corrected chi connectivity index (χ0v) is 15.3. The van der Waals surface area contributed by atoms with E-state index < -0.39 is 25.4 Å². The van der Waals surface area contributed by atoms with Gasteiger partial charge in [0, 0.05) is 11.9 Å². The molecule has 0 spiro atoms. The van der Waals surface area contributed by atoms with Crippen LogP contribution in [0.3, 0.4) is 0 Å². The van der Waals surface area contributed by atoms with E-state index in [9.17, 15) is 22.8 Å². The van der Waals surface area contributed by atoms with Crippen LogP contribution in [0.15, 0.2) is 41.8 Å². The highest BCUT2D eigenvalue weighted by molar-refractivity contribution is 7.09. The lowest BCUT2D eigenvalue weighted by molar-refractivity contribution is -0.176. The third-order valence-corrected chi connectivity index (χ3v) is 4.31. The maximum Gasteiger partial charge on any atom is 0.411 e. The first-order valence-corrected chi connectivity index (χ1v) is 8.79. The predicted octanol–water partition coefficient (Wildman–Crippen LogP) is 3.64. The molecule has 1 amide bonds. The quantitative estimate of drug-likeness (QED) is 0.634. The van der Waals surface area contributed by atoms with E-state index in [0.29, 0.717) is 12.1 Å². The monoisotopic (exact) mass is 401 g/mol. The third-order valence-electron chi connectivity index (χ3n) is 3.45. The zero-order chi connectivity index (χ0) is 19.9. The summed E-state index contributed by atoms with van der Waals surface area (Å²) in [4.78, 5) is 26.5. The molecule has 5 nitrogen and oxygen atoms in total. The molecule has 9 heteroatoms. The van der Waals surface area contributed by atoms with Crippen LogP contribution >= 0.6 is 11.3 Å². The first kappa shape index (κ1) is 20.9. The Bertz CT molecular complexity index is 745. The lowest BCUT2D eigenvalue weighted by atomic mass is 10.1. The van der Waals surface area contributed by atoms with E-state index in [1.165, 1.54) is 40.5 Å². The summed E-state index contributed by atoms with van der Waals surface area (Å²) >= 11 is 1.52. The molecule has 0 saturated heterocycles. The van der Waals surface area contributed by atoms with Crippen LogP contribution < -0.4 is 0 Å². The highest BCUT2D eigenvalue weighted by atomic mass is 32.1. The molecule has 0 bridgehead atoms. The van der Waals surface area contributed by atoms with E-state index in [2.05, 4.69) is 4.74 Å². The van der Waals surface area contributed by atoms with Gasteiger partial charge in [-0.1, -0.05) is 18.2 Å². The average Bonchev–Trinajstić information content (AvgIpc) is 3.11. The normalized spacial score (nSPS) is 11.3.